The lowest BCUT2D eigenvalue weighted by molar-refractivity contribution is 0.269. The summed E-state index contributed by atoms with van der Waals surface area (Å²) in [5, 5.41) is 17.6. The van der Waals surface area contributed by atoms with Crippen molar-refractivity contribution in [2.24, 2.45) is 0 Å². The quantitative estimate of drug-likeness (QED) is 0.156. The van der Waals surface area contributed by atoms with Crippen LogP contribution in [0, 0.1) is 0 Å². The van der Waals surface area contributed by atoms with E-state index in [1.54, 1.807) is 28.6 Å². The molecule has 4 rings (SSSR count). The number of halogens is 3. The van der Waals surface area contributed by atoms with Crippen LogP contribution in [0.1, 0.15) is 18.1 Å². The molecule has 0 amide bonds. The van der Waals surface area contributed by atoms with Crippen LogP contribution in [0.5, 0.6) is 11.5 Å². The molecule has 3 aromatic carbocycles. The number of hydrogen-bond donors (Lipinski definition) is 1. The third-order valence-corrected chi connectivity index (χ3v) is 6.96. The van der Waals surface area contributed by atoms with Crippen molar-refractivity contribution in [1.82, 2.24) is 25.5 Å². The molecule has 0 fully saturated rings. The number of aromatic nitrogens is 4. The third-order valence-electron chi connectivity index (χ3n) is 5.02. The fraction of sp³-hybridized carbons (Fsp3) is 0.240. The lowest BCUT2D eigenvalue weighted by Crippen LogP contribution is -2.17. The maximum absolute atomic E-state index is 6.57. The van der Waals surface area contributed by atoms with Gasteiger partial charge >= 0.3 is 0 Å². The number of ether oxygens (including phenoxy) is 2. The van der Waals surface area contributed by atoms with Crippen LogP contribution in [0.3, 0.4) is 0 Å². The Morgan fingerprint density at radius 3 is 2.50 bits per heavy atom. The summed E-state index contributed by atoms with van der Waals surface area (Å²) >= 11 is 20.3. The van der Waals surface area contributed by atoms with Crippen molar-refractivity contribution < 1.29 is 9.47 Å². The molecule has 1 N–H and O–H groups in total. The minimum Gasteiger partial charge on any atom is -0.490 e. The zero-order valence-electron chi connectivity index (χ0n) is 19.5. The second-order valence-electron chi connectivity index (χ2n) is 7.61. The summed E-state index contributed by atoms with van der Waals surface area (Å²) in [5.74, 6) is 1.89. The van der Waals surface area contributed by atoms with Gasteiger partial charge in [0.15, 0.2) is 11.5 Å². The Bertz CT molecular complexity index is 1290. The van der Waals surface area contributed by atoms with Crippen molar-refractivity contribution >= 4 is 46.6 Å². The molecule has 188 valence electrons. The molecule has 0 aliphatic carbocycles. The van der Waals surface area contributed by atoms with E-state index in [2.05, 4.69) is 20.8 Å². The van der Waals surface area contributed by atoms with E-state index in [0.717, 1.165) is 34.3 Å². The van der Waals surface area contributed by atoms with Gasteiger partial charge in [-0.15, -0.1) is 5.10 Å². The van der Waals surface area contributed by atoms with Gasteiger partial charge in [-0.1, -0.05) is 70.8 Å². The molecule has 0 saturated heterocycles. The summed E-state index contributed by atoms with van der Waals surface area (Å²) in [7, 11) is 0. The first-order chi connectivity index (χ1) is 17.5. The van der Waals surface area contributed by atoms with Gasteiger partial charge in [0.05, 0.1) is 27.4 Å². The molecule has 0 radical (unpaired) electrons. The first-order valence-electron chi connectivity index (χ1n) is 11.2. The summed E-state index contributed by atoms with van der Waals surface area (Å²) in [6.07, 6.45) is 0. The van der Waals surface area contributed by atoms with E-state index in [-0.39, 0.29) is 6.61 Å². The normalized spacial score (nSPS) is 11.0. The molecule has 0 aliphatic heterocycles. The molecule has 0 spiro atoms. The summed E-state index contributed by atoms with van der Waals surface area (Å²) in [6.45, 7) is 4.07. The number of thioether (sulfide) groups is 1. The van der Waals surface area contributed by atoms with Crippen LogP contribution in [0.4, 0.5) is 0 Å². The predicted molar refractivity (Wildman–Crippen MR) is 145 cm³/mol. The molecule has 4 aromatic rings. The largest absolute Gasteiger partial charge is 0.490 e. The Morgan fingerprint density at radius 1 is 0.917 bits per heavy atom. The molecule has 0 atom stereocenters. The van der Waals surface area contributed by atoms with E-state index in [1.807, 2.05) is 55.5 Å². The van der Waals surface area contributed by atoms with Crippen LogP contribution in [0.15, 0.2) is 65.8 Å². The standard InChI is InChI=1S/C25H24Cl3N5O2S/c1-2-34-23-14-18(13-22(28)24(23)35-16-17-8-9-20(26)21(27)12-17)15-29-10-11-36-25-30-31-32-33(25)19-6-4-3-5-7-19/h3-9,12-14,29H,2,10-11,15-16H2,1H3. The van der Waals surface area contributed by atoms with Crippen molar-refractivity contribution in [2.45, 2.75) is 25.2 Å². The SMILES string of the molecule is CCOc1cc(CNCCSc2nnnn2-c2ccccc2)cc(Cl)c1OCc1ccc(Cl)c(Cl)c1. The second-order valence-corrected chi connectivity index (χ2v) is 9.89. The molecular weight excluding hydrogens is 541 g/mol. The van der Waals surface area contributed by atoms with Crippen LogP contribution in [-0.4, -0.2) is 39.1 Å². The van der Waals surface area contributed by atoms with Gasteiger partial charge in [-0.3, -0.25) is 0 Å². The van der Waals surface area contributed by atoms with E-state index >= 15 is 0 Å². The fourth-order valence-corrected chi connectivity index (χ4v) is 4.75. The molecule has 0 aliphatic rings. The lowest BCUT2D eigenvalue weighted by Gasteiger charge is -2.16. The Labute approximate surface area is 229 Å². The second kappa shape index (κ2) is 13.2. The Hall–Kier alpha value is -2.49. The summed E-state index contributed by atoms with van der Waals surface area (Å²) in [4.78, 5) is 0. The number of para-hydroxylation sites is 1. The minimum atomic E-state index is 0.286. The zero-order chi connectivity index (χ0) is 25.3. The lowest BCUT2D eigenvalue weighted by atomic mass is 10.2. The highest BCUT2D eigenvalue weighted by Crippen LogP contribution is 2.37. The first kappa shape index (κ1) is 26.6. The van der Waals surface area contributed by atoms with Crippen molar-refractivity contribution in [3.8, 4) is 17.2 Å². The summed E-state index contributed by atoms with van der Waals surface area (Å²) in [6, 6.07) is 19.0. The van der Waals surface area contributed by atoms with Crippen molar-refractivity contribution in [3.63, 3.8) is 0 Å². The highest BCUT2D eigenvalue weighted by Gasteiger charge is 2.14. The average Bonchev–Trinajstić information content (AvgIpc) is 3.35. The van der Waals surface area contributed by atoms with Gasteiger partial charge in [-0.25, -0.2) is 0 Å². The predicted octanol–water partition coefficient (Wildman–Crippen LogP) is 6.48. The average molecular weight is 565 g/mol. The third kappa shape index (κ3) is 7.05. The van der Waals surface area contributed by atoms with Crippen molar-refractivity contribution in [2.75, 3.05) is 18.9 Å². The molecule has 11 heteroatoms. The fourth-order valence-electron chi connectivity index (χ4n) is 3.36. The van der Waals surface area contributed by atoms with Crippen LogP contribution in [0.2, 0.25) is 15.1 Å². The topological polar surface area (TPSA) is 74.1 Å². The highest BCUT2D eigenvalue weighted by atomic mass is 35.5. The Balaban J connectivity index is 1.32. The molecule has 0 saturated carbocycles. The van der Waals surface area contributed by atoms with Crippen LogP contribution >= 0.6 is 46.6 Å². The van der Waals surface area contributed by atoms with E-state index in [0.29, 0.717) is 39.7 Å². The van der Waals surface area contributed by atoms with Crippen LogP contribution in [-0.2, 0) is 13.2 Å². The molecular formula is C25H24Cl3N5O2S. The summed E-state index contributed by atoms with van der Waals surface area (Å²) < 4.78 is 13.5. The van der Waals surface area contributed by atoms with E-state index in [4.69, 9.17) is 44.3 Å². The van der Waals surface area contributed by atoms with Gasteiger partial charge in [-0.05, 0) is 64.9 Å². The number of nitrogens with zero attached hydrogens (tertiary/aromatic N) is 4. The van der Waals surface area contributed by atoms with Gasteiger partial charge < -0.3 is 14.8 Å². The summed E-state index contributed by atoms with van der Waals surface area (Å²) in [5.41, 5.74) is 2.80. The number of hydrogen-bond acceptors (Lipinski definition) is 7. The van der Waals surface area contributed by atoms with Crippen molar-refractivity contribution in [1.29, 1.82) is 0 Å². The zero-order valence-corrected chi connectivity index (χ0v) is 22.5. The smallest absolute Gasteiger partial charge is 0.214 e. The van der Waals surface area contributed by atoms with E-state index < -0.39 is 0 Å². The first-order valence-corrected chi connectivity index (χ1v) is 13.4. The molecule has 1 heterocycles. The highest BCUT2D eigenvalue weighted by molar-refractivity contribution is 7.99. The van der Waals surface area contributed by atoms with E-state index in [9.17, 15) is 0 Å². The van der Waals surface area contributed by atoms with Gasteiger partial charge in [-0.2, -0.15) is 4.68 Å². The van der Waals surface area contributed by atoms with Gasteiger partial charge in [0.2, 0.25) is 5.16 Å². The van der Waals surface area contributed by atoms with Gasteiger partial charge in [0.1, 0.15) is 6.61 Å². The number of nitrogens with one attached hydrogen (secondary N) is 1. The molecule has 0 unspecified atom stereocenters. The van der Waals surface area contributed by atoms with Crippen LogP contribution in [0.25, 0.3) is 5.69 Å². The number of rotatable bonds is 12. The Kier molecular flexibility index (Phi) is 9.72. The minimum absolute atomic E-state index is 0.286. The number of benzene rings is 3. The molecule has 7 nitrogen and oxygen atoms in total. The van der Waals surface area contributed by atoms with E-state index in [1.165, 1.54) is 0 Å². The van der Waals surface area contributed by atoms with Crippen LogP contribution < -0.4 is 14.8 Å². The maximum Gasteiger partial charge on any atom is 0.214 e. The number of tetrazole rings is 1. The monoisotopic (exact) mass is 563 g/mol. The Morgan fingerprint density at radius 2 is 1.72 bits per heavy atom. The maximum atomic E-state index is 6.57. The van der Waals surface area contributed by atoms with Gasteiger partial charge in [0.25, 0.3) is 0 Å². The van der Waals surface area contributed by atoms with Gasteiger partial charge in [0, 0.05) is 18.8 Å². The van der Waals surface area contributed by atoms with Crippen molar-refractivity contribution in [3.05, 3.63) is 86.9 Å². The molecule has 1 aromatic heterocycles. The molecule has 36 heavy (non-hydrogen) atoms. The molecule has 0 bridgehead atoms.